The lowest BCUT2D eigenvalue weighted by Gasteiger charge is -2.30. The molecule has 7 heteroatoms. The van der Waals surface area contributed by atoms with E-state index in [1.165, 1.54) is 19.2 Å². The molecule has 0 bridgehead atoms. The molecule has 1 amide bonds. The van der Waals surface area contributed by atoms with Gasteiger partial charge in [0.15, 0.2) is 18.1 Å². The number of rotatable bonds is 9. The summed E-state index contributed by atoms with van der Waals surface area (Å²) in [4.78, 5) is 26.3. The van der Waals surface area contributed by atoms with Crippen molar-refractivity contribution in [3.8, 4) is 11.5 Å². The summed E-state index contributed by atoms with van der Waals surface area (Å²) in [5, 5.41) is 0.252. The lowest BCUT2D eigenvalue weighted by molar-refractivity contribution is -0.138. The largest absolute Gasteiger partial charge is 0.493 e. The van der Waals surface area contributed by atoms with E-state index in [2.05, 4.69) is 0 Å². The number of methoxy groups -OCH3 is 1. The van der Waals surface area contributed by atoms with Crippen LogP contribution in [0.25, 0.3) is 0 Å². The first-order valence-electron chi connectivity index (χ1n) is 8.71. The van der Waals surface area contributed by atoms with Crippen LogP contribution in [0, 0.1) is 0 Å². The van der Waals surface area contributed by atoms with Crippen molar-refractivity contribution in [2.45, 2.75) is 53.1 Å². The molecule has 0 heterocycles. The van der Waals surface area contributed by atoms with E-state index in [1.807, 2.05) is 34.6 Å². The highest BCUT2D eigenvalue weighted by Gasteiger charge is 2.22. The van der Waals surface area contributed by atoms with Crippen molar-refractivity contribution < 1.29 is 23.8 Å². The van der Waals surface area contributed by atoms with Crippen LogP contribution < -0.4 is 9.47 Å². The maximum absolute atomic E-state index is 12.3. The highest BCUT2D eigenvalue weighted by molar-refractivity contribution is 6.32. The molecular formula is C19H28ClNO5. The summed E-state index contributed by atoms with van der Waals surface area (Å²) >= 11 is 6.20. The second-order valence-electron chi connectivity index (χ2n) is 6.40. The fourth-order valence-electron chi connectivity index (χ4n) is 2.64. The highest BCUT2D eigenvalue weighted by Crippen LogP contribution is 2.36. The molecule has 0 fully saturated rings. The van der Waals surface area contributed by atoms with Gasteiger partial charge in [-0.15, -0.1) is 0 Å². The van der Waals surface area contributed by atoms with Crippen molar-refractivity contribution in [3.05, 3.63) is 22.7 Å². The van der Waals surface area contributed by atoms with Crippen LogP contribution in [-0.2, 0) is 9.53 Å². The number of halogens is 1. The normalized spacial score (nSPS) is 10.8. The Hall–Kier alpha value is -1.95. The molecule has 6 nitrogen and oxygen atoms in total. The number of amides is 1. The fraction of sp³-hybridized carbons (Fsp3) is 0.579. The SMILES string of the molecule is CCCOc1c(Cl)cc(C(=O)OCC(=O)N(C(C)C)C(C)C)cc1OC. The Labute approximate surface area is 160 Å². The molecule has 1 aromatic rings. The van der Waals surface area contributed by atoms with Crippen LogP contribution in [0.3, 0.4) is 0 Å². The molecule has 146 valence electrons. The summed E-state index contributed by atoms with van der Waals surface area (Å²) in [7, 11) is 1.46. The smallest absolute Gasteiger partial charge is 0.338 e. The first kappa shape index (κ1) is 22.1. The molecule has 0 aliphatic rings. The Morgan fingerprint density at radius 1 is 1.15 bits per heavy atom. The molecule has 0 N–H and O–H groups in total. The molecule has 0 atom stereocenters. The Morgan fingerprint density at radius 3 is 2.27 bits per heavy atom. The number of carbonyl (C=O) groups excluding carboxylic acids is 2. The lowest BCUT2D eigenvalue weighted by atomic mass is 10.2. The highest BCUT2D eigenvalue weighted by atomic mass is 35.5. The van der Waals surface area contributed by atoms with Gasteiger partial charge in [0, 0.05) is 12.1 Å². The van der Waals surface area contributed by atoms with Gasteiger partial charge in [-0.25, -0.2) is 4.79 Å². The van der Waals surface area contributed by atoms with Crippen molar-refractivity contribution in [1.29, 1.82) is 0 Å². The Morgan fingerprint density at radius 2 is 1.77 bits per heavy atom. The molecule has 0 aromatic heterocycles. The molecule has 1 aromatic carbocycles. The minimum atomic E-state index is -0.645. The van der Waals surface area contributed by atoms with Gasteiger partial charge in [0.2, 0.25) is 0 Å². The van der Waals surface area contributed by atoms with E-state index in [-0.39, 0.29) is 35.2 Å². The van der Waals surface area contributed by atoms with Crippen LogP contribution in [0.5, 0.6) is 11.5 Å². The minimum Gasteiger partial charge on any atom is -0.493 e. The van der Waals surface area contributed by atoms with Crippen molar-refractivity contribution in [3.63, 3.8) is 0 Å². The first-order chi connectivity index (χ1) is 12.2. The predicted molar refractivity (Wildman–Crippen MR) is 101 cm³/mol. The van der Waals surface area contributed by atoms with Gasteiger partial charge in [-0.05, 0) is 46.2 Å². The van der Waals surface area contributed by atoms with Gasteiger partial charge >= 0.3 is 5.97 Å². The van der Waals surface area contributed by atoms with Gasteiger partial charge in [-0.1, -0.05) is 18.5 Å². The second-order valence-corrected chi connectivity index (χ2v) is 6.81. The van der Waals surface area contributed by atoms with E-state index in [1.54, 1.807) is 4.90 Å². The van der Waals surface area contributed by atoms with Crippen LogP contribution in [0.1, 0.15) is 51.4 Å². The second kappa shape index (κ2) is 10.3. The predicted octanol–water partition coefficient (Wildman–Crippen LogP) is 3.94. The molecular weight excluding hydrogens is 358 g/mol. The van der Waals surface area contributed by atoms with Crippen LogP contribution in [0.15, 0.2) is 12.1 Å². The average molecular weight is 386 g/mol. The molecule has 1 rings (SSSR count). The molecule has 0 spiro atoms. The van der Waals surface area contributed by atoms with Crippen LogP contribution in [0.2, 0.25) is 5.02 Å². The Bertz CT molecular complexity index is 623. The van der Waals surface area contributed by atoms with Gasteiger partial charge in [0.05, 0.1) is 24.3 Å². The Kier molecular flexibility index (Phi) is 8.72. The number of benzene rings is 1. The van der Waals surface area contributed by atoms with E-state index < -0.39 is 5.97 Å². The van der Waals surface area contributed by atoms with Crippen LogP contribution >= 0.6 is 11.6 Å². The monoisotopic (exact) mass is 385 g/mol. The van der Waals surface area contributed by atoms with Gasteiger partial charge in [-0.2, -0.15) is 0 Å². The zero-order valence-corrected chi connectivity index (χ0v) is 17.1. The van der Waals surface area contributed by atoms with Gasteiger partial charge in [0.25, 0.3) is 5.91 Å². The topological polar surface area (TPSA) is 65.1 Å². The third kappa shape index (κ3) is 5.80. The number of esters is 1. The molecule has 0 saturated carbocycles. The van der Waals surface area contributed by atoms with Crippen LogP contribution in [0.4, 0.5) is 0 Å². The van der Waals surface area contributed by atoms with E-state index in [0.717, 1.165) is 6.42 Å². The third-order valence-electron chi connectivity index (χ3n) is 3.64. The van der Waals surface area contributed by atoms with E-state index in [4.69, 9.17) is 25.8 Å². The van der Waals surface area contributed by atoms with Crippen molar-refractivity contribution >= 4 is 23.5 Å². The summed E-state index contributed by atoms with van der Waals surface area (Å²) in [6.45, 7) is 9.79. The molecule has 0 aliphatic carbocycles. The summed E-state index contributed by atoms with van der Waals surface area (Å²) in [5.74, 6) is -0.165. The summed E-state index contributed by atoms with van der Waals surface area (Å²) in [6, 6.07) is 2.98. The fourth-order valence-corrected chi connectivity index (χ4v) is 2.90. The van der Waals surface area contributed by atoms with Crippen molar-refractivity contribution in [1.82, 2.24) is 4.90 Å². The number of ether oxygens (including phenoxy) is 3. The number of hydrogen-bond donors (Lipinski definition) is 0. The summed E-state index contributed by atoms with van der Waals surface area (Å²) in [6.07, 6.45) is 0.813. The van der Waals surface area contributed by atoms with Gasteiger partial charge < -0.3 is 19.1 Å². The molecule has 0 saturated heterocycles. The molecule has 26 heavy (non-hydrogen) atoms. The zero-order valence-electron chi connectivity index (χ0n) is 16.3. The number of nitrogens with zero attached hydrogens (tertiary/aromatic N) is 1. The van der Waals surface area contributed by atoms with Gasteiger partial charge in [-0.3, -0.25) is 4.79 Å². The summed E-state index contributed by atoms with van der Waals surface area (Å²) < 4.78 is 16.0. The maximum Gasteiger partial charge on any atom is 0.338 e. The first-order valence-corrected chi connectivity index (χ1v) is 9.09. The number of carbonyl (C=O) groups is 2. The molecule has 0 aliphatic heterocycles. The van der Waals surface area contributed by atoms with E-state index >= 15 is 0 Å². The Balaban J connectivity index is 2.87. The van der Waals surface area contributed by atoms with Crippen LogP contribution in [-0.4, -0.2) is 49.2 Å². The minimum absolute atomic E-state index is 0.0192. The average Bonchev–Trinajstić information content (AvgIpc) is 2.57. The summed E-state index contributed by atoms with van der Waals surface area (Å²) in [5.41, 5.74) is 0.198. The van der Waals surface area contributed by atoms with Crippen molar-refractivity contribution in [2.24, 2.45) is 0 Å². The van der Waals surface area contributed by atoms with Gasteiger partial charge in [0.1, 0.15) is 0 Å². The quantitative estimate of drug-likeness (QED) is 0.602. The number of hydrogen-bond acceptors (Lipinski definition) is 5. The van der Waals surface area contributed by atoms with E-state index in [0.29, 0.717) is 18.1 Å². The maximum atomic E-state index is 12.3. The standard InChI is InChI=1S/C19H28ClNO5/c1-7-8-25-18-15(20)9-14(10-16(18)24-6)19(23)26-11-17(22)21(12(2)3)13(4)5/h9-10,12-13H,7-8,11H2,1-6H3. The molecule has 0 radical (unpaired) electrons. The van der Waals surface area contributed by atoms with E-state index in [9.17, 15) is 9.59 Å². The lowest BCUT2D eigenvalue weighted by Crippen LogP contribution is -2.44. The zero-order chi connectivity index (χ0) is 19.9. The molecule has 0 unspecified atom stereocenters. The third-order valence-corrected chi connectivity index (χ3v) is 3.92. The van der Waals surface area contributed by atoms with Crippen molar-refractivity contribution in [2.75, 3.05) is 20.3 Å².